The average molecular weight is 327 g/mol. The van der Waals surface area contributed by atoms with Crippen molar-refractivity contribution in [1.82, 2.24) is 0 Å². The number of methoxy groups -OCH3 is 1. The van der Waals surface area contributed by atoms with E-state index in [1.165, 1.54) is 23.7 Å². The van der Waals surface area contributed by atoms with Crippen LogP contribution in [-0.4, -0.2) is 34.9 Å². The molecule has 0 saturated heterocycles. The van der Waals surface area contributed by atoms with Gasteiger partial charge in [-0.15, -0.1) is 6.42 Å². The van der Waals surface area contributed by atoms with Gasteiger partial charge in [-0.2, -0.15) is 0 Å². The smallest absolute Gasteiger partial charge is 0.192 e. The second kappa shape index (κ2) is 11.9. The molecule has 0 bridgehead atoms. The van der Waals surface area contributed by atoms with Gasteiger partial charge in [0.15, 0.2) is 8.32 Å². The van der Waals surface area contributed by atoms with Crippen LogP contribution in [0.2, 0.25) is 18.1 Å². The molecule has 22 heavy (non-hydrogen) atoms. The Bertz CT molecular complexity index is 348. The van der Waals surface area contributed by atoms with Crippen LogP contribution in [0.5, 0.6) is 0 Å². The minimum absolute atomic E-state index is 0.199. The Kier molecular flexibility index (Phi) is 11.6. The van der Waals surface area contributed by atoms with Gasteiger partial charge < -0.3 is 13.9 Å². The molecule has 3 nitrogen and oxygen atoms in total. The molecule has 0 aromatic heterocycles. The summed E-state index contributed by atoms with van der Waals surface area (Å²) in [7, 11) is 0.0748. The van der Waals surface area contributed by atoms with Crippen LogP contribution in [-0.2, 0) is 13.9 Å². The van der Waals surface area contributed by atoms with E-state index in [9.17, 15) is 0 Å². The van der Waals surface area contributed by atoms with Crippen molar-refractivity contribution in [2.24, 2.45) is 5.92 Å². The molecule has 2 atom stereocenters. The van der Waals surface area contributed by atoms with Gasteiger partial charge in [0.1, 0.15) is 12.9 Å². The number of rotatable bonds is 12. The molecular formula is C18H34O3Si. The Morgan fingerprint density at radius 2 is 1.77 bits per heavy atom. The standard InChI is InChI=1S/C18H34O3Si/c1-8-17(18(9-2)20-15-19-7)13-16(6)14-21-22(10-3,11-4)12-5/h2,13,17-18H,8,10-12,14-15H2,1,3-7H3/b16-13+/t17-,18-/m0/s1. The van der Waals surface area contributed by atoms with Crippen molar-refractivity contribution < 1.29 is 13.9 Å². The predicted molar refractivity (Wildman–Crippen MR) is 96.3 cm³/mol. The van der Waals surface area contributed by atoms with Crippen LogP contribution in [0.15, 0.2) is 11.6 Å². The van der Waals surface area contributed by atoms with Crippen molar-refractivity contribution >= 4 is 8.32 Å². The molecule has 0 N–H and O–H groups in total. The van der Waals surface area contributed by atoms with Crippen LogP contribution in [0.1, 0.15) is 41.0 Å². The van der Waals surface area contributed by atoms with Gasteiger partial charge in [-0.05, 0) is 31.5 Å². The Morgan fingerprint density at radius 3 is 2.18 bits per heavy atom. The summed E-state index contributed by atoms with van der Waals surface area (Å²) < 4.78 is 16.9. The molecular weight excluding hydrogens is 292 g/mol. The molecule has 0 aliphatic heterocycles. The maximum atomic E-state index is 6.33. The Balaban J connectivity index is 4.75. The van der Waals surface area contributed by atoms with Gasteiger partial charge in [-0.3, -0.25) is 0 Å². The van der Waals surface area contributed by atoms with Crippen molar-refractivity contribution in [3.8, 4) is 12.3 Å². The fourth-order valence-corrected chi connectivity index (χ4v) is 5.24. The molecule has 0 amide bonds. The normalized spacial score (nSPS) is 15.4. The summed E-state index contributed by atoms with van der Waals surface area (Å²) in [5, 5.41) is 0. The first-order valence-electron chi connectivity index (χ1n) is 8.40. The van der Waals surface area contributed by atoms with Crippen LogP contribution >= 0.6 is 0 Å². The molecule has 128 valence electrons. The van der Waals surface area contributed by atoms with Gasteiger partial charge in [0, 0.05) is 13.0 Å². The maximum Gasteiger partial charge on any atom is 0.192 e. The lowest BCUT2D eigenvalue weighted by atomic mass is 9.97. The van der Waals surface area contributed by atoms with E-state index in [0.717, 1.165) is 6.42 Å². The summed E-state index contributed by atoms with van der Waals surface area (Å²) >= 11 is 0. The summed E-state index contributed by atoms with van der Waals surface area (Å²) in [4.78, 5) is 0. The van der Waals surface area contributed by atoms with E-state index in [1.807, 2.05) is 0 Å². The second-order valence-corrected chi connectivity index (χ2v) is 10.6. The van der Waals surface area contributed by atoms with Crippen LogP contribution in [0.4, 0.5) is 0 Å². The van der Waals surface area contributed by atoms with Crippen LogP contribution < -0.4 is 0 Å². The fraction of sp³-hybridized carbons (Fsp3) is 0.778. The second-order valence-electron chi connectivity index (χ2n) is 5.78. The molecule has 0 rings (SSSR count). The predicted octanol–water partition coefficient (Wildman–Crippen LogP) is 4.60. The summed E-state index contributed by atoms with van der Waals surface area (Å²) in [6.45, 7) is 11.9. The van der Waals surface area contributed by atoms with E-state index in [-0.39, 0.29) is 18.8 Å². The highest BCUT2D eigenvalue weighted by molar-refractivity contribution is 6.73. The van der Waals surface area contributed by atoms with Gasteiger partial charge in [-0.25, -0.2) is 0 Å². The Hall–Kier alpha value is -0.603. The SMILES string of the molecule is C#C[C@H](OCOC)[C@H](/C=C(\C)CO[Si](CC)(CC)CC)CC. The molecule has 0 spiro atoms. The lowest BCUT2D eigenvalue weighted by Gasteiger charge is -2.28. The third kappa shape index (κ3) is 7.10. The van der Waals surface area contributed by atoms with E-state index in [1.54, 1.807) is 7.11 Å². The highest BCUT2D eigenvalue weighted by Crippen LogP contribution is 2.23. The zero-order valence-corrected chi connectivity index (χ0v) is 16.3. The zero-order chi connectivity index (χ0) is 17.0. The molecule has 0 heterocycles. The third-order valence-corrected chi connectivity index (χ3v) is 9.05. The average Bonchev–Trinajstić information content (AvgIpc) is 2.56. The first-order valence-corrected chi connectivity index (χ1v) is 10.9. The number of ether oxygens (including phenoxy) is 2. The molecule has 0 aliphatic rings. The topological polar surface area (TPSA) is 27.7 Å². The van der Waals surface area contributed by atoms with Gasteiger partial charge in [0.25, 0.3) is 0 Å². The molecule has 0 aromatic carbocycles. The van der Waals surface area contributed by atoms with Crippen molar-refractivity contribution in [2.45, 2.75) is 65.3 Å². The summed E-state index contributed by atoms with van der Waals surface area (Å²) in [6.07, 6.45) is 8.49. The molecule has 4 heteroatoms. The molecule has 0 radical (unpaired) electrons. The first kappa shape index (κ1) is 21.4. The first-order chi connectivity index (χ1) is 10.5. The van der Waals surface area contributed by atoms with Gasteiger partial charge in [0.05, 0.1) is 6.61 Å². The molecule has 0 saturated carbocycles. The Morgan fingerprint density at radius 1 is 1.18 bits per heavy atom. The zero-order valence-electron chi connectivity index (χ0n) is 15.3. The molecule has 0 aliphatic carbocycles. The minimum Gasteiger partial charge on any atom is -0.413 e. The lowest BCUT2D eigenvalue weighted by molar-refractivity contribution is -0.0641. The van der Waals surface area contributed by atoms with E-state index in [2.05, 4.69) is 46.6 Å². The lowest BCUT2D eigenvalue weighted by Crippen LogP contribution is -2.36. The number of hydrogen-bond acceptors (Lipinski definition) is 3. The summed E-state index contributed by atoms with van der Waals surface area (Å²) in [6, 6.07) is 3.53. The quantitative estimate of drug-likeness (QED) is 0.227. The number of hydrogen-bond donors (Lipinski definition) is 0. The minimum atomic E-state index is -1.53. The van der Waals surface area contributed by atoms with Crippen molar-refractivity contribution in [3.05, 3.63) is 11.6 Å². The summed E-state index contributed by atoms with van der Waals surface area (Å²) in [5.41, 5.74) is 1.24. The third-order valence-electron chi connectivity index (χ3n) is 4.43. The van der Waals surface area contributed by atoms with Gasteiger partial charge in [0.2, 0.25) is 0 Å². The summed E-state index contributed by atoms with van der Waals surface area (Å²) in [5.74, 6) is 2.92. The molecule has 0 unspecified atom stereocenters. The van der Waals surface area contributed by atoms with Crippen LogP contribution in [0.25, 0.3) is 0 Å². The largest absolute Gasteiger partial charge is 0.413 e. The monoisotopic (exact) mass is 326 g/mol. The van der Waals surface area contributed by atoms with Crippen molar-refractivity contribution in [3.63, 3.8) is 0 Å². The van der Waals surface area contributed by atoms with E-state index in [0.29, 0.717) is 6.61 Å². The van der Waals surface area contributed by atoms with Gasteiger partial charge in [-0.1, -0.05) is 45.3 Å². The van der Waals surface area contributed by atoms with Gasteiger partial charge >= 0.3 is 0 Å². The molecule has 0 fully saturated rings. The maximum absolute atomic E-state index is 6.33. The van der Waals surface area contributed by atoms with Crippen molar-refractivity contribution in [2.75, 3.05) is 20.5 Å². The van der Waals surface area contributed by atoms with Crippen LogP contribution in [0.3, 0.4) is 0 Å². The van der Waals surface area contributed by atoms with Crippen LogP contribution in [0, 0.1) is 18.3 Å². The van der Waals surface area contributed by atoms with E-state index >= 15 is 0 Å². The van der Waals surface area contributed by atoms with Crippen molar-refractivity contribution in [1.29, 1.82) is 0 Å². The number of terminal acetylenes is 1. The van der Waals surface area contributed by atoms with E-state index in [4.69, 9.17) is 20.3 Å². The molecule has 0 aromatic rings. The highest BCUT2D eigenvalue weighted by atomic mass is 28.4. The fourth-order valence-electron chi connectivity index (χ4n) is 2.59. The highest BCUT2D eigenvalue weighted by Gasteiger charge is 2.28. The Labute approximate surface area is 138 Å². The van der Waals surface area contributed by atoms with E-state index < -0.39 is 8.32 Å².